The van der Waals surface area contributed by atoms with Crippen LogP contribution < -0.4 is 4.74 Å². The van der Waals surface area contributed by atoms with Gasteiger partial charge in [-0.2, -0.15) is 8.78 Å². The Morgan fingerprint density at radius 3 is 2.00 bits per heavy atom. The summed E-state index contributed by atoms with van der Waals surface area (Å²) in [5, 5.41) is 0. The van der Waals surface area contributed by atoms with E-state index in [4.69, 9.17) is 14.2 Å². The van der Waals surface area contributed by atoms with Crippen molar-refractivity contribution in [3.8, 4) is 16.9 Å². The van der Waals surface area contributed by atoms with E-state index in [-0.39, 0.29) is 41.9 Å². The first kappa shape index (κ1) is 33.1. The second kappa shape index (κ2) is 14.9. The van der Waals surface area contributed by atoms with E-state index in [0.717, 1.165) is 36.2 Å². The van der Waals surface area contributed by atoms with E-state index < -0.39 is 41.7 Å². The van der Waals surface area contributed by atoms with Crippen LogP contribution in [0.5, 0.6) is 5.75 Å². The van der Waals surface area contributed by atoms with Crippen LogP contribution in [0.15, 0.2) is 30.3 Å². The smallest absolute Gasteiger partial charge is 0.400 e. The molecule has 2 aliphatic carbocycles. The lowest BCUT2D eigenvalue weighted by molar-refractivity contribution is -0.251. The van der Waals surface area contributed by atoms with E-state index in [1.54, 1.807) is 0 Å². The summed E-state index contributed by atoms with van der Waals surface area (Å²) in [6.07, 6.45) is 7.87. The Bertz CT molecular complexity index is 1190. The average molecular weight is 627 g/mol. The number of rotatable bonds is 11. The largest absolute Gasteiger partial charge is 0.432 e. The van der Waals surface area contributed by atoms with E-state index in [9.17, 15) is 17.6 Å². The van der Waals surface area contributed by atoms with Crippen LogP contribution >= 0.6 is 0 Å². The lowest BCUT2D eigenvalue weighted by atomic mass is 9.74. The van der Waals surface area contributed by atoms with E-state index >= 15 is 8.78 Å². The lowest BCUT2D eigenvalue weighted by Crippen LogP contribution is -2.43. The van der Waals surface area contributed by atoms with Gasteiger partial charge in [0.1, 0.15) is 29.9 Å². The molecule has 2 aromatic rings. The summed E-state index contributed by atoms with van der Waals surface area (Å²) in [6.45, 7) is 2.22. The number of halogens is 6. The fraction of sp³-hybridized carbons (Fsp3) is 0.657. The summed E-state index contributed by atoms with van der Waals surface area (Å²) in [4.78, 5) is 0. The minimum absolute atomic E-state index is 0.0404. The lowest BCUT2D eigenvalue weighted by Gasteiger charge is -2.41. The SMILES string of the molecule is CCCCCC1CCC(C2COC(C3CCC(C(F)(F)Oc4ccc(-c5cc(F)c(CF)c(F)c5)c(F)c4)CC3)OC2)CC1. The zero-order valence-corrected chi connectivity index (χ0v) is 25.4. The summed E-state index contributed by atoms with van der Waals surface area (Å²) in [6, 6.07) is 4.64. The summed E-state index contributed by atoms with van der Waals surface area (Å²) >= 11 is 0. The maximum Gasteiger partial charge on any atom is 0.400 e. The quantitative estimate of drug-likeness (QED) is 0.184. The minimum Gasteiger partial charge on any atom is -0.432 e. The van der Waals surface area contributed by atoms with Crippen LogP contribution in [0.25, 0.3) is 11.1 Å². The van der Waals surface area contributed by atoms with Gasteiger partial charge >= 0.3 is 6.11 Å². The zero-order valence-electron chi connectivity index (χ0n) is 25.4. The first-order valence-electron chi connectivity index (χ1n) is 16.3. The molecule has 0 amide bonds. The Labute approximate surface area is 256 Å². The van der Waals surface area contributed by atoms with Gasteiger partial charge in [0.15, 0.2) is 6.29 Å². The van der Waals surface area contributed by atoms with Crippen molar-refractivity contribution in [3.63, 3.8) is 0 Å². The molecule has 2 saturated carbocycles. The molecule has 0 spiro atoms. The van der Waals surface area contributed by atoms with Gasteiger partial charge in [-0.3, -0.25) is 0 Å². The third kappa shape index (κ3) is 7.93. The van der Waals surface area contributed by atoms with Gasteiger partial charge in [-0.25, -0.2) is 17.6 Å². The van der Waals surface area contributed by atoms with Crippen molar-refractivity contribution in [1.29, 1.82) is 0 Å². The van der Waals surface area contributed by atoms with Gasteiger partial charge in [0, 0.05) is 23.5 Å². The topological polar surface area (TPSA) is 27.7 Å². The number of ether oxygens (including phenoxy) is 3. The Morgan fingerprint density at radius 2 is 1.41 bits per heavy atom. The van der Waals surface area contributed by atoms with Gasteiger partial charge in [0.2, 0.25) is 0 Å². The standard InChI is InChI=1S/C35H44F6O3/c1-2-3-4-5-22-6-8-23(9-7-22)26-20-42-34(43-21-26)24-10-12-27(13-11-24)35(40,41)44-28-14-15-29(33(39)18-28)25-16-31(37)30(19-36)32(38)17-25/h14-18,22-24,26-27,34H,2-13,19-21H2,1H3. The van der Waals surface area contributed by atoms with Crippen LogP contribution in [-0.4, -0.2) is 25.6 Å². The summed E-state index contributed by atoms with van der Waals surface area (Å²) in [5.41, 5.74) is -1.14. The fourth-order valence-corrected chi connectivity index (χ4v) is 7.36. The van der Waals surface area contributed by atoms with Gasteiger partial charge < -0.3 is 14.2 Å². The molecule has 3 fully saturated rings. The highest BCUT2D eigenvalue weighted by molar-refractivity contribution is 5.65. The third-order valence-corrected chi connectivity index (χ3v) is 10.1. The van der Waals surface area contributed by atoms with Gasteiger partial charge in [0.25, 0.3) is 0 Å². The molecule has 2 aromatic carbocycles. The second-order valence-corrected chi connectivity index (χ2v) is 13.0. The molecule has 0 atom stereocenters. The van der Waals surface area contributed by atoms with Crippen molar-refractivity contribution in [2.75, 3.05) is 13.2 Å². The minimum atomic E-state index is -3.53. The molecule has 3 nitrogen and oxygen atoms in total. The molecule has 1 saturated heterocycles. The highest BCUT2D eigenvalue weighted by atomic mass is 19.3. The Morgan fingerprint density at radius 1 is 0.773 bits per heavy atom. The van der Waals surface area contributed by atoms with E-state index in [2.05, 4.69) is 6.92 Å². The predicted octanol–water partition coefficient (Wildman–Crippen LogP) is 10.4. The van der Waals surface area contributed by atoms with Crippen LogP contribution in [0.1, 0.15) is 89.5 Å². The van der Waals surface area contributed by atoms with Crippen molar-refractivity contribution < 1.29 is 40.6 Å². The molecule has 3 aliphatic rings. The number of alkyl halides is 3. The van der Waals surface area contributed by atoms with Crippen molar-refractivity contribution in [2.45, 2.75) is 103 Å². The predicted molar refractivity (Wildman–Crippen MR) is 156 cm³/mol. The molecule has 1 aliphatic heterocycles. The van der Waals surface area contributed by atoms with E-state index in [1.165, 1.54) is 51.4 Å². The highest BCUT2D eigenvalue weighted by Gasteiger charge is 2.46. The second-order valence-electron chi connectivity index (χ2n) is 13.0. The maximum atomic E-state index is 15.1. The average Bonchev–Trinajstić information content (AvgIpc) is 3.01. The van der Waals surface area contributed by atoms with Crippen molar-refractivity contribution in [1.82, 2.24) is 0 Å². The molecule has 5 rings (SSSR count). The van der Waals surface area contributed by atoms with Crippen molar-refractivity contribution in [3.05, 3.63) is 53.3 Å². The zero-order chi connectivity index (χ0) is 31.3. The number of hydrogen-bond donors (Lipinski definition) is 0. The molecule has 0 radical (unpaired) electrons. The molecule has 0 bridgehead atoms. The third-order valence-electron chi connectivity index (χ3n) is 10.1. The normalized spacial score (nSPS) is 28.2. The number of hydrogen-bond acceptors (Lipinski definition) is 3. The van der Waals surface area contributed by atoms with Crippen LogP contribution in [-0.2, 0) is 16.1 Å². The number of unbranched alkanes of at least 4 members (excludes halogenated alkanes) is 2. The molecular weight excluding hydrogens is 582 g/mol. The van der Waals surface area contributed by atoms with E-state index in [0.29, 0.717) is 37.9 Å². The van der Waals surface area contributed by atoms with Crippen LogP contribution in [0, 0.1) is 47.0 Å². The molecule has 1 heterocycles. The Kier molecular flexibility index (Phi) is 11.2. The molecule has 44 heavy (non-hydrogen) atoms. The molecular formula is C35H44F6O3. The van der Waals surface area contributed by atoms with Gasteiger partial charge in [0.05, 0.1) is 24.7 Å². The van der Waals surface area contributed by atoms with Gasteiger partial charge in [-0.05, 0) is 80.2 Å². The fourth-order valence-electron chi connectivity index (χ4n) is 7.36. The molecule has 0 N–H and O–H groups in total. The highest BCUT2D eigenvalue weighted by Crippen LogP contribution is 2.44. The molecule has 0 aromatic heterocycles. The van der Waals surface area contributed by atoms with E-state index in [1.807, 2.05) is 0 Å². The van der Waals surface area contributed by atoms with Crippen LogP contribution in [0.3, 0.4) is 0 Å². The summed E-state index contributed by atoms with van der Waals surface area (Å²) in [5.74, 6) is -2.80. The van der Waals surface area contributed by atoms with Gasteiger partial charge in [-0.1, -0.05) is 45.4 Å². The van der Waals surface area contributed by atoms with Crippen LogP contribution in [0.4, 0.5) is 26.3 Å². The first-order valence-corrected chi connectivity index (χ1v) is 16.3. The van der Waals surface area contributed by atoms with Crippen LogP contribution in [0.2, 0.25) is 0 Å². The number of benzene rings is 2. The summed E-state index contributed by atoms with van der Waals surface area (Å²) < 4.78 is 103. The maximum absolute atomic E-state index is 15.1. The van der Waals surface area contributed by atoms with Crippen molar-refractivity contribution >= 4 is 0 Å². The molecule has 244 valence electrons. The summed E-state index contributed by atoms with van der Waals surface area (Å²) in [7, 11) is 0. The Balaban J connectivity index is 1.08. The Hall–Kier alpha value is -2.26. The molecule has 0 unspecified atom stereocenters. The first-order chi connectivity index (χ1) is 21.2. The molecule has 9 heteroatoms. The van der Waals surface area contributed by atoms with Gasteiger partial charge in [-0.15, -0.1) is 0 Å². The monoisotopic (exact) mass is 626 g/mol. The van der Waals surface area contributed by atoms with Crippen molar-refractivity contribution in [2.24, 2.45) is 29.6 Å².